The minimum absolute atomic E-state index is 0.0541. The van der Waals surface area contributed by atoms with E-state index in [4.69, 9.17) is 0 Å². The normalized spacial score (nSPS) is 23.7. The number of amides is 2. The van der Waals surface area contributed by atoms with Gasteiger partial charge in [-0.3, -0.25) is 14.4 Å². The van der Waals surface area contributed by atoms with Gasteiger partial charge in [-0.25, -0.2) is 13.2 Å². The number of H-pyrrole nitrogens is 1. The fraction of sp³-hybridized carbons (Fsp3) is 0.567. The lowest BCUT2D eigenvalue weighted by Gasteiger charge is -2.30. The van der Waals surface area contributed by atoms with E-state index in [1.165, 1.54) is 18.2 Å². The standard InChI is InChI=1S/C30H37F3N4O3/c1-18-12-26(38)34-19(2)27(18)29(40)37-16-22-14-36(15-23(22)17-37)11-8-25(21-4-3-5-24(31)13-21)35-28(39)20-6-9-30(32,33)10-7-20/h3-5,12-13,20,22-23,25H,6-11,14-17H2,1-2H3,(H,34,38)(H,35,39)/t22?,23?,25-/m0/s1. The lowest BCUT2D eigenvalue weighted by atomic mass is 9.86. The maximum Gasteiger partial charge on any atom is 0.255 e. The quantitative estimate of drug-likeness (QED) is 0.533. The zero-order chi connectivity index (χ0) is 28.6. The first-order valence-electron chi connectivity index (χ1n) is 14.1. The van der Waals surface area contributed by atoms with E-state index in [1.54, 1.807) is 26.0 Å². The number of hydrogen-bond acceptors (Lipinski definition) is 4. The van der Waals surface area contributed by atoms with Crippen molar-refractivity contribution in [2.75, 3.05) is 32.7 Å². The number of carbonyl (C=O) groups is 2. The molecule has 1 aromatic heterocycles. The van der Waals surface area contributed by atoms with Gasteiger partial charge in [-0.1, -0.05) is 12.1 Å². The largest absolute Gasteiger partial charge is 0.349 e. The average molecular weight is 559 g/mol. The van der Waals surface area contributed by atoms with E-state index < -0.39 is 17.9 Å². The molecule has 2 saturated heterocycles. The van der Waals surface area contributed by atoms with Crippen molar-refractivity contribution in [3.05, 3.63) is 68.9 Å². The summed E-state index contributed by atoms with van der Waals surface area (Å²) in [6.07, 6.45) is 0.297. The number of likely N-dealkylation sites (tertiary alicyclic amines) is 2. The Morgan fingerprint density at radius 1 is 1.07 bits per heavy atom. The van der Waals surface area contributed by atoms with Gasteiger partial charge in [-0.05, 0) is 68.2 Å². The molecule has 3 fully saturated rings. The third-order valence-corrected chi connectivity index (χ3v) is 8.88. The number of nitrogens with one attached hydrogen (secondary N) is 2. The average Bonchev–Trinajstić information content (AvgIpc) is 3.45. The molecule has 7 nitrogen and oxygen atoms in total. The predicted octanol–water partition coefficient (Wildman–Crippen LogP) is 4.21. The number of aryl methyl sites for hydroxylation is 2. The number of alkyl halides is 2. The van der Waals surface area contributed by atoms with Crippen LogP contribution in [0.4, 0.5) is 13.2 Å². The number of hydrogen-bond donors (Lipinski definition) is 2. The molecule has 2 aromatic rings. The molecule has 1 aromatic carbocycles. The Kier molecular flexibility index (Phi) is 8.08. The lowest BCUT2D eigenvalue weighted by molar-refractivity contribution is -0.130. The molecule has 0 spiro atoms. The van der Waals surface area contributed by atoms with Crippen LogP contribution in [0, 0.1) is 37.4 Å². The van der Waals surface area contributed by atoms with Gasteiger partial charge in [-0.2, -0.15) is 0 Å². The highest BCUT2D eigenvalue weighted by Gasteiger charge is 2.42. The molecule has 40 heavy (non-hydrogen) atoms. The van der Waals surface area contributed by atoms with Crippen LogP contribution in [0.1, 0.15) is 65.3 Å². The maximum absolute atomic E-state index is 14.0. The van der Waals surface area contributed by atoms with Gasteiger partial charge in [0.15, 0.2) is 0 Å². The van der Waals surface area contributed by atoms with Crippen LogP contribution in [0.2, 0.25) is 0 Å². The Bertz CT molecular complexity index is 1280. The Hall–Kier alpha value is -3.14. The van der Waals surface area contributed by atoms with Crippen LogP contribution in [-0.2, 0) is 4.79 Å². The van der Waals surface area contributed by atoms with E-state index >= 15 is 0 Å². The van der Waals surface area contributed by atoms with Crippen LogP contribution in [0.5, 0.6) is 0 Å². The van der Waals surface area contributed by atoms with Crippen molar-refractivity contribution < 1.29 is 22.8 Å². The summed E-state index contributed by atoms with van der Waals surface area (Å²) in [6.45, 7) is 7.15. The smallest absolute Gasteiger partial charge is 0.255 e. The van der Waals surface area contributed by atoms with E-state index in [0.717, 1.165) is 13.1 Å². The predicted molar refractivity (Wildman–Crippen MR) is 145 cm³/mol. The first-order chi connectivity index (χ1) is 19.0. The van der Waals surface area contributed by atoms with Gasteiger partial charge in [-0.15, -0.1) is 0 Å². The molecular weight excluding hydrogens is 521 g/mol. The number of halogens is 3. The summed E-state index contributed by atoms with van der Waals surface area (Å²) in [5, 5.41) is 3.03. The van der Waals surface area contributed by atoms with E-state index in [2.05, 4.69) is 15.2 Å². The summed E-state index contributed by atoms with van der Waals surface area (Å²) in [7, 11) is 0. The molecule has 216 valence electrons. The topological polar surface area (TPSA) is 85.5 Å². The summed E-state index contributed by atoms with van der Waals surface area (Å²) in [5.74, 6) is -3.18. The third kappa shape index (κ3) is 6.27. The van der Waals surface area contributed by atoms with Gasteiger partial charge in [0.2, 0.25) is 17.4 Å². The summed E-state index contributed by atoms with van der Waals surface area (Å²) >= 11 is 0. The molecule has 2 amide bonds. The molecule has 2 aliphatic heterocycles. The van der Waals surface area contributed by atoms with Gasteiger partial charge in [0.25, 0.3) is 5.91 Å². The van der Waals surface area contributed by atoms with E-state index in [9.17, 15) is 27.6 Å². The Labute approximate surface area is 232 Å². The molecule has 0 bridgehead atoms. The van der Waals surface area contributed by atoms with Crippen molar-refractivity contribution in [2.45, 2.75) is 57.9 Å². The number of nitrogens with zero attached hydrogens (tertiary/aromatic N) is 2. The lowest BCUT2D eigenvalue weighted by Crippen LogP contribution is -2.39. The van der Waals surface area contributed by atoms with Crippen molar-refractivity contribution in [3.8, 4) is 0 Å². The van der Waals surface area contributed by atoms with Crippen molar-refractivity contribution in [2.24, 2.45) is 17.8 Å². The monoisotopic (exact) mass is 558 g/mol. The van der Waals surface area contributed by atoms with Crippen molar-refractivity contribution >= 4 is 11.8 Å². The van der Waals surface area contributed by atoms with E-state index in [-0.39, 0.29) is 48.9 Å². The highest BCUT2D eigenvalue weighted by atomic mass is 19.3. The van der Waals surface area contributed by atoms with Gasteiger partial charge < -0.3 is 20.1 Å². The number of benzene rings is 1. The molecule has 1 aliphatic carbocycles. The summed E-state index contributed by atoms with van der Waals surface area (Å²) in [4.78, 5) is 44.9. The second-order valence-corrected chi connectivity index (χ2v) is 11.8. The number of carbonyl (C=O) groups excluding carboxylic acids is 2. The van der Waals surface area contributed by atoms with Gasteiger partial charge >= 0.3 is 0 Å². The highest BCUT2D eigenvalue weighted by molar-refractivity contribution is 5.96. The molecule has 3 heterocycles. The fourth-order valence-electron chi connectivity index (χ4n) is 6.72. The maximum atomic E-state index is 14.0. The van der Waals surface area contributed by atoms with Crippen molar-refractivity contribution in [3.63, 3.8) is 0 Å². The summed E-state index contributed by atoms with van der Waals surface area (Å²) in [6, 6.07) is 7.21. The Morgan fingerprint density at radius 3 is 2.38 bits per heavy atom. The molecule has 1 saturated carbocycles. The van der Waals surface area contributed by atoms with E-state index in [1.807, 2.05) is 4.90 Å². The van der Waals surface area contributed by atoms with Crippen LogP contribution < -0.4 is 10.9 Å². The molecule has 0 radical (unpaired) electrons. The first-order valence-corrected chi connectivity index (χ1v) is 14.1. The molecule has 2 N–H and O–H groups in total. The zero-order valence-electron chi connectivity index (χ0n) is 23.0. The number of aromatic amines is 1. The van der Waals surface area contributed by atoms with Gasteiger partial charge in [0, 0.05) is 63.2 Å². The number of rotatable bonds is 7. The van der Waals surface area contributed by atoms with Crippen LogP contribution in [0.15, 0.2) is 35.1 Å². The highest BCUT2D eigenvalue weighted by Crippen LogP contribution is 2.37. The van der Waals surface area contributed by atoms with Crippen LogP contribution in [-0.4, -0.2) is 65.2 Å². The summed E-state index contributed by atoms with van der Waals surface area (Å²) < 4.78 is 41.2. The van der Waals surface area contributed by atoms with Crippen LogP contribution in [0.3, 0.4) is 0 Å². The second-order valence-electron chi connectivity index (χ2n) is 11.8. The second kappa shape index (κ2) is 11.4. The molecule has 5 rings (SSSR count). The number of pyridine rings is 1. The van der Waals surface area contributed by atoms with Crippen LogP contribution >= 0.6 is 0 Å². The third-order valence-electron chi connectivity index (χ3n) is 8.88. The Balaban J connectivity index is 1.18. The van der Waals surface area contributed by atoms with E-state index in [0.29, 0.717) is 60.3 Å². The molecule has 2 unspecified atom stereocenters. The van der Waals surface area contributed by atoms with Gasteiger partial charge in [0.05, 0.1) is 11.6 Å². The van der Waals surface area contributed by atoms with Crippen LogP contribution in [0.25, 0.3) is 0 Å². The Morgan fingerprint density at radius 2 is 1.75 bits per heavy atom. The first kappa shape index (κ1) is 28.4. The molecule has 3 aliphatic rings. The number of fused-ring (bicyclic) bond motifs is 1. The summed E-state index contributed by atoms with van der Waals surface area (Å²) in [5.41, 5.74) is 2.27. The fourth-order valence-corrected chi connectivity index (χ4v) is 6.72. The van der Waals surface area contributed by atoms with Gasteiger partial charge in [0.1, 0.15) is 5.82 Å². The minimum atomic E-state index is -2.70. The number of aromatic nitrogens is 1. The molecular formula is C30H37F3N4O3. The zero-order valence-corrected chi connectivity index (χ0v) is 23.0. The molecule has 3 atom stereocenters. The molecule has 10 heteroatoms. The van der Waals surface area contributed by atoms with Crippen molar-refractivity contribution in [1.29, 1.82) is 0 Å². The van der Waals surface area contributed by atoms with Crippen molar-refractivity contribution in [1.82, 2.24) is 20.1 Å². The SMILES string of the molecule is Cc1cc(=O)[nH]c(C)c1C(=O)N1CC2CN(CC[C@H](NC(=O)C3CCC(F)(F)CC3)c3cccc(F)c3)CC2C1. The minimum Gasteiger partial charge on any atom is -0.349 e.